The van der Waals surface area contributed by atoms with Crippen molar-refractivity contribution in [3.63, 3.8) is 0 Å². The minimum Gasteiger partial charge on any atom is -0.314 e. The number of pyridine rings is 1. The lowest BCUT2D eigenvalue weighted by molar-refractivity contribution is 0.0603. The molecule has 1 aliphatic heterocycles. The first-order chi connectivity index (χ1) is 9.58. The van der Waals surface area contributed by atoms with E-state index >= 15 is 0 Å². The van der Waals surface area contributed by atoms with E-state index in [1.807, 2.05) is 13.0 Å². The van der Waals surface area contributed by atoms with Gasteiger partial charge in [-0.2, -0.15) is 0 Å². The van der Waals surface area contributed by atoms with E-state index in [0.29, 0.717) is 11.1 Å². The second-order valence-corrected chi connectivity index (χ2v) is 4.79. The molecule has 0 saturated carbocycles. The number of hydrogen-bond acceptors (Lipinski definition) is 3. The summed E-state index contributed by atoms with van der Waals surface area (Å²) in [5.41, 5.74) is 2.08. The summed E-state index contributed by atoms with van der Waals surface area (Å²) >= 11 is 0. The van der Waals surface area contributed by atoms with Crippen LogP contribution < -0.4 is 5.49 Å². The van der Waals surface area contributed by atoms with Gasteiger partial charge in [0.25, 0.3) is 11.8 Å². The molecule has 1 N–H and O–H groups in total. The van der Waals surface area contributed by atoms with Crippen molar-refractivity contribution in [2.24, 2.45) is 0 Å². The summed E-state index contributed by atoms with van der Waals surface area (Å²) < 4.78 is 1.58. The summed E-state index contributed by atoms with van der Waals surface area (Å²) in [7, 11) is 0. The largest absolute Gasteiger partial charge is 0.314 e. The van der Waals surface area contributed by atoms with E-state index in [9.17, 15) is 9.59 Å². The van der Waals surface area contributed by atoms with Gasteiger partial charge in [0.2, 0.25) is 0 Å². The van der Waals surface area contributed by atoms with Crippen LogP contribution in [0.5, 0.6) is 0 Å². The van der Waals surface area contributed by atoms with Gasteiger partial charge in [-0.25, -0.2) is 0 Å². The highest BCUT2D eigenvalue weighted by molar-refractivity contribution is 6.21. The van der Waals surface area contributed by atoms with Gasteiger partial charge in [-0.1, -0.05) is 18.2 Å². The summed E-state index contributed by atoms with van der Waals surface area (Å²) in [5.74, 6) is -0.613. The second-order valence-electron chi connectivity index (χ2n) is 4.79. The molecule has 5 nitrogen and oxygen atoms in total. The van der Waals surface area contributed by atoms with Crippen LogP contribution in [0.25, 0.3) is 0 Å². The van der Waals surface area contributed by atoms with Crippen LogP contribution in [0.15, 0.2) is 42.6 Å². The van der Waals surface area contributed by atoms with Crippen molar-refractivity contribution in [1.29, 1.82) is 5.41 Å². The van der Waals surface area contributed by atoms with Gasteiger partial charge in [0, 0.05) is 6.20 Å². The molecule has 0 bridgehead atoms. The number of carbonyl (C=O) groups excluding carboxylic acids is 2. The van der Waals surface area contributed by atoms with Crippen LogP contribution in [0.3, 0.4) is 0 Å². The third kappa shape index (κ3) is 1.84. The number of benzene rings is 1. The lowest BCUT2D eigenvalue weighted by Gasteiger charge is -2.16. The SMILES string of the molecule is Cc1ccc(=N)n(CN2C(=O)c3ccccc3C2=O)c1. The Labute approximate surface area is 115 Å². The van der Waals surface area contributed by atoms with Crippen LogP contribution in [0.2, 0.25) is 0 Å². The molecule has 5 heteroatoms. The second kappa shape index (κ2) is 4.45. The third-order valence-corrected chi connectivity index (χ3v) is 3.34. The fourth-order valence-corrected chi connectivity index (χ4v) is 2.30. The number of rotatable bonds is 2. The maximum Gasteiger partial charge on any atom is 0.263 e. The van der Waals surface area contributed by atoms with Gasteiger partial charge in [0.15, 0.2) is 0 Å². The zero-order chi connectivity index (χ0) is 14.3. The topological polar surface area (TPSA) is 66.2 Å². The quantitative estimate of drug-likeness (QED) is 0.838. The average Bonchev–Trinajstić information content (AvgIpc) is 2.68. The zero-order valence-corrected chi connectivity index (χ0v) is 11.0. The highest BCUT2D eigenvalue weighted by Gasteiger charge is 2.35. The van der Waals surface area contributed by atoms with Crippen LogP contribution in [0.1, 0.15) is 26.3 Å². The molecule has 1 aromatic carbocycles. The minimum atomic E-state index is -0.306. The van der Waals surface area contributed by atoms with Gasteiger partial charge < -0.3 is 4.57 Å². The predicted octanol–water partition coefficient (Wildman–Crippen LogP) is 1.53. The first-order valence-corrected chi connectivity index (χ1v) is 6.25. The molecule has 0 spiro atoms. The number of aromatic nitrogens is 1. The number of aryl methyl sites for hydroxylation is 1. The van der Waals surface area contributed by atoms with Crippen LogP contribution in [0, 0.1) is 12.3 Å². The first kappa shape index (κ1) is 12.3. The molecule has 0 fully saturated rings. The Bertz CT molecular complexity index is 742. The van der Waals surface area contributed by atoms with Crippen molar-refractivity contribution in [2.75, 3.05) is 0 Å². The standard InChI is InChI=1S/C15H13N3O2/c1-10-6-7-13(16)17(8-10)9-18-14(19)11-4-2-3-5-12(11)15(18)20/h2-8,16H,9H2,1H3. The molecule has 1 aliphatic rings. The van der Waals surface area contributed by atoms with Gasteiger partial charge in [-0.15, -0.1) is 0 Å². The van der Waals surface area contributed by atoms with Crippen LogP contribution in [-0.4, -0.2) is 21.3 Å². The van der Waals surface area contributed by atoms with Gasteiger partial charge >= 0.3 is 0 Å². The predicted molar refractivity (Wildman–Crippen MR) is 72.0 cm³/mol. The fourth-order valence-electron chi connectivity index (χ4n) is 2.30. The Kier molecular flexibility index (Phi) is 2.75. The van der Waals surface area contributed by atoms with Crippen LogP contribution in [0.4, 0.5) is 0 Å². The summed E-state index contributed by atoms with van der Waals surface area (Å²) in [6.07, 6.45) is 1.76. The highest BCUT2D eigenvalue weighted by Crippen LogP contribution is 2.22. The van der Waals surface area contributed by atoms with E-state index in [0.717, 1.165) is 5.56 Å². The Balaban J connectivity index is 1.98. The van der Waals surface area contributed by atoms with Gasteiger partial charge in [-0.3, -0.25) is 19.9 Å². The number of nitrogens with zero attached hydrogens (tertiary/aromatic N) is 2. The molecular weight excluding hydrogens is 254 g/mol. The molecule has 0 atom stereocenters. The van der Waals surface area contributed by atoms with Gasteiger partial charge in [0.05, 0.1) is 11.1 Å². The van der Waals surface area contributed by atoms with Crippen molar-refractivity contribution in [1.82, 2.24) is 9.47 Å². The van der Waals surface area contributed by atoms with E-state index in [4.69, 9.17) is 5.41 Å². The first-order valence-electron chi connectivity index (χ1n) is 6.25. The fraction of sp³-hybridized carbons (Fsp3) is 0.133. The normalized spacial score (nSPS) is 13.8. The summed E-state index contributed by atoms with van der Waals surface area (Å²) in [5, 5.41) is 7.84. The van der Waals surface area contributed by atoms with Gasteiger partial charge in [0.1, 0.15) is 12.2 Å². The Morgan fingerprint density at radius 2 is 1.60 bits per heavy atom. The molecule has 0 unspecified atom stereocenters. The number of amides is 2. The molecule has 20 heavy (non-hydrogen) atoms. The van der Waals surface area contributed by atoms with E-state index in [1.165, 1.54) is 4.90 Å². The Morgan fingerprint density at radius 3 is 2.20 bits per heavy atom. The molecule has 2 amide bonds. The smallest absolute Gasteiger partial charge is 0.263 e. The molecule has 2 aromatic rings. The highest BCUT2D eigenvalue weighted by atomic mass is 16.2. The Morgan fingerprint density at radius 1 is 1.00 bits per heavy atom. The number of nitrogens with one attached hydrogen (secondary N) is 1. The van der Waals surface area contributed by atoms with E-state index in [1.54, 1.807) is 41.1 Å². The van der Waals surface area contributed by atoms with Crippen molar-refractivity contribution in [3.8, 4) is 0 Å². The zero-order valence-electron chi connectivity index (χ0n) is 11.0. The van der Waals surface area contributed by atoms with Crippen LogP contribution in [-0.2, 0) is 6.67 Å². The van der Waals surface area contributed by atoms with Crippen molar-refractivity contribution in [3.05, 3.63) is 64.8 Å². The molecule has 2 heterocycles. The minimum absolute atomic E-state index is 0.0624. The maximum atomic E-state index is 12.2. The van der Waals surface area contributed by atoms with Crippen molar-refractivity contribution < 1.29 is 9.59 Å². The number of carbonyl (C=O) groups is 2. The molecule has 0 aliphatic carbocycles. The average molecular weight is 267 g/mol. The van der Waals surface area contributed by atoms with Gasteiger partial charge in [-0.05, 0) is 30.7 Å². The maximum absolute atomic E-state index is 12.2. The van der Waals surface area contributed by atoms with Crippen LogP contribution >= 0.6 is 0 Å². The molecular formula is C15H13N3O2. The van der Waals surface area contributed by atoms with E-state index < -0.39 is 0 Å². The summed E-state index contributed by atoms with van der Waals surface area (Å²) in [6.45, 7) is 1.96. The Hall–Kier alpha value is -2.69. The molecule has 0 radical (unpaired) electrons. The molecule has 1 aromatic heterocycles. The third-order valence-electron chi connectivity index (χ3n) is 3.34. The molecule has 100 valence electrons. The lowest BCUT2D eigenvalue weighted by Crippen LogP contribution is -2.35. The monoisotopic (exact) mass is 267 g/mol. The van der Waals surface area contributed by atoms with E-state index in [2.05, 4.69) is 0 Å². The molecule has 0 saturated heterocycles. The number of hydrogen-bond donors (Lipinski definition) is 1. The van der Waals surface area contributed by atoms with Crippen molar-refractivity contribution in [2.45, 2.75) is 13.6 Å². The molecule has 3 rings (SSSR count). The summed E-state index contributed by atoms with van der Waals surface area (Å²) in [4.78, 5) is 25.6. The summed E-state index contributed by atoms with van der Waals surface area (Å²) in [6, 6.07) is 10.2. The number of fused-ring (bicyclic) bond motifs is 1. The van der Waals surface area contributed by atoms with Crippen molar-refractivity contribution >= 4 is 11.8 Å². The number of imide groups is 1. The lowest BCUT2D eigenvalue weighted by atomic mass is 10.1. The van der Waals surface area contributed by atoms with E-state index in [-0.39, 0.29) is 24.0 Å².